The minimum atomic E-state index is -4.43. The summed E-state index contributed by atoms with van der Waals surface area (Å²) in [5.41, 5.74) is -0.890. The van der Waals surface area contributed by atoms with Crippen LogP contribution in [0.5, 0.6) is 0 Å². The Morgan fingerprint density at radius 2 is 1.78 bits per heavy atom. The van der Waals surface area contributed by atoms with Crippen molar-refractivity contribution < 1.29 is 18.3 Å². The first-order chi connectivity index (χ1) is 12.6. The summed E-state index contributed by atoms with van der Waals surface area (Å²) in [5.74, 6) is 1.36. The smallest absolute Gasteiger partial charge is 0.385 e. The van der Waals surface area contributed by atoms with Crippen molar-refractivity contribution >= 4 is 11.8 Å². The second-order valence-corrected chi connectivity index (χ2v) is 7.16. The van der Waals surface area contributed by atoms with Gasteiger partial charge in [0, 0.05) is 38.9 Å². The fourth-order valence-corrected chi connectivity index (χ4v) is 3.26. The van der Waals surface area contributed by atoms with Crippen molar-refractivity contribution in [2.24, 2.45) is 0 Å². The molecule has 1 saturated heterocycles. The van der Waals surface area contributed by atoms with Gasteiger partial charge in [0.15, 0.2) is 0 Å². The number of piperidine rings is 1. The first-order valence-corrected chi connectivity index (χ1v) is 8.76. The minimum absolute atomic E-state index is 0.302. The molecule has 1 fully saturated rings. The number of nitrogens with zero attached hydrogens (tertiary/aromatic N) is 4. The topological polar surface area (TPSA) is 52.5 Å². The maximum atomic E-state index is 13.0. The van der Waals surface area contributed by atoms with E-state index in [-0.39, 0.29) is 0 Å². The standard InChI is InChI=1S/C19H23F3N4O/c1-13-11-16(25(2)3)24-17(23-13)26-9-7-18(27,8-10-26)14-5-4-6-15(12-14)19(20,21)22/h4-6,11-12,27H,7-10H2,1-3H3. The number of rotatable bonds is 3. The van der Waals surface area contributed by atoms with Crippen LogP contribution in [0.1, 0.15) is 29.7 Å². The van der Waals surface area contributed by atoms with E-state index in [4.69, 9.17) is 0 Å². The number of aliphatic hydroxyl groups is 1. The molecule has 2 heterocycles. The Hall–Kier alpha value is -2.35. The van der Waals surface area contributed by atoms with Gasteiger partial charge in [0.25, 0.3) is 0 Å². The lowest BCUT2D eigenvalue weighted by molar-refractivity contribution is -0.137. The average molecular weight is 380 g/mol. The van der Waals surface area contributed by atoms with Crippen molar-refractivity contribution in [3.63, 3.8) is 0 Å². The zero-order valence-corrected chi connectivity index (χ0v) is 15.6. The van der Waals surface area contributed by atoms with Crippen molar-refractivity contribution in [2.45, 2.75) is 31.5 Å². The van der Waals surface area contributed by atoms with Gasteiger partial charge in [-0.1, -0.05) is 12.1 Å². The van der Waals surface area contributed by atoms with Crippen LogP contribution in [0.15, 0.2) is 30.3 Å². The second kappa shape index (κ2) is 6.99. The molecular formula is C19H23F3N4O. The normalized spacial score (nSPS) is 17.1. The largest absolute Gasteiger partial charge is 0.416 e. The lowest BCUT2D eigenvalue weighted by Gasteiger charge is -2.39. The van der Waals surface area contributed by atoms with E-state index >= 15 is 0 Å². The summed E-state index contributed by atoms with van der Waals surface area (Å²) in [5, 5.41) is 11.0. The number of benzene rings is 1. The highest BCUT2D eigenvalue weighted by Gasteiger charge is 2.37. The maximum Gasteiger partial charge on any atom is 0.416 e. The fourth-order valence-electron chi connectivity index (χ4n) is 3.26. The molecule has 8 heteroatoms. The van der Waals surface area contributed by atoms with Gasteiger partial charge in [0.05, 0.1) is 11.2 Å². The van der Waals surface area contributed by atoms with Crippen molar-refractivity contribution in [3.8, 4) is 0 Å². The van der Waals surface area contributed by atoms with Crippen LogP contribution in [0.2, 0.25) is 0 Å². The Morgan fingerprint density at radius 1 is 1.11 bits per heavy atom. The first kappa shape index (κ1) is 19.4. The number of aromatic nitrogens is 2. The number of anilines is 2. The summed E-state index contributed by atoms with van der Waals surface area (Å²) in [4.78, 5) is 12.8. The molecule has 146 valence electrons. The van der Waals surface area contributed by atoms with Crippen molar-refractivity contribution in [3.05, 3.63) is 47.2 Å². The van der Waals surface area contributed by atoms with Gasteiger partial charge in [-0.05, 0) is 37.5 Å². The van der Waals surface area contributed by atoms with Gasteiger partial charge in [0.2, 0.25) is 5.95 Å². The zero-order valence-electron chi connectivity index (χ0n) is 15.6. The molecule has 1 aromatic heterocycles. The highest BCUT2D eigenvalue weighted by Crippen LogP contribution is 2.37. The molecule has 0 aliphatic carbocycles. The predicted molar refractivity (Wildman–Crippen MR) is 97.9 cm³/mol. The van der Waals surface area contributed by atoms with Crippen molar-refractivity contribution in [2.75, 3.05) is 37.0 Å². The zero-order chi connectivity index (χ0) is 19.8. The third-order valence-electron chi connectivity index (χ3n) is 4.89. The summed E-state index contributed by atoms with van der Waals surface area (Å²) >= 11 is 0. The molecule has 0 amide bonds. The first-order valence-electron chi connectivity index (χ1n) is 8.76. The average Bonchev–Trinajstić information content (AvgIpc) is 2.61. The Morgan fingerprint density at radius 3 is 2.37 bits per heavy atom. The molecule has 0 saturated carbocycles. The molecule has 0 unspecified atom stereocenters. The van der Waals surface area contributed by atoms with E-state index < -0.39 is 17.3 Å². The van der Waals surface area contributed by atoms with Crippen LogP contribution in [-0.2, 0) is 11.8 Å². The monoisotopic (exact) mass is 380 g/mol. The van der Waals surface area contributed by atoms with Gasteiger partial charge in [0.1, 0.15) is 5.82 Å². The highest BCUT2D eigenvalue weighted by molar-refractivity contribution is 5.45. The minimum Gasteiger partial charge on any atom is -0.385 e. The van der Waals surface area contributed by atoms with Crippen LogP contribution in [-0.4, -0.2) is 42.3 Å². The molecule has 1 N–H and O–H groups in total. The van der Waals surface area contributed by atoms with Crippen LogP contribution in [0.4, 0.5) is 24.9 Å². The Balaban J connectivity index is 1.79. The molecule has 2 aromatic rings. The number of aryl methyl sites for hydroxylation is 1. The molecule has 0 radical (unpaired) electrons. The third kappa shape index (κ3) is 4.16. The second-order valence-electron chi connectivity index (χ2n) is 7.16. The molecule has 0 atom stereocenters. The van der Waals surface area contributed by atoms with Crippen LogP contribution < -0.4 is 9.80 Å². The molecule has 5 nitrogen and oxygen atoms in total. The number of hydrogen-bond acceptors (Lipinski definition) is 5. The lowest BCUT2D eigenvalue weighted by Crippen LogP contribution is -2.43. The lowest BCUT2D eigenvalue weighted by atomic mass is 9.84. The van der Waals surface area contributed by atoms with Crippen LogP contribution in [0.25, 0.3) is 0 Å². The third-order valence-corrected chi connectivity index (χ3v) is 4.89. The SMILES string of the molecule is Cc1cc(N(C)C)nc(N2CCC(O)(c3cccc(C(F)(F)F)c3)CC2)n1. The van der Waals surface area contributed by atoms with Crippen molar-refractivity contribution in [1.29, 1.82) is 0 Å². The van der Waals surface area contributed by atoms with Crippen LogP contribution in [0.3, 0.4) is 0 Å². The van der Waals surface area contributed by atoms with E-state index in [1.807, 2.05) is 36.9 Å². The summed E-state index contributed by atoms with van der Waals surface area (Å²) in [6.07, 6.45) is -3.81. The summed E-state index contributed by atoms with van der Waals surface area (Å²) in [6.45, 7) is 2.81. The Kier molecular flexibility index (Phi) is 5.03. The number of alkyl halides is 3. The van der Waals surface area contributed by atoms with E-state index in [1.165, 1.54) is 6.07 Å². The van der Waals surface area contributed by atoms with E-state index in [1.54, 1.807) is 6.07 Å². The predicted octanol–water partition coefficient (Wildman–Crippen LogP) is 3.36. The molecule has 0 spiro atoms. The Labute approximate surface area is 156 Å². The van der Waals surface area contributed by atoms with E-state index in [2.05, 4.69) is 9.97 Å². The van der Waals surface area contributed by atoms with Crippen LogP contribution >= 0.6 is 0 Å². The molecule has 1 aromatic carbocycles. The quantitative estimate of drug-likeness (QED) is 0.885. The van der Waals surface area contributed by atoms with E-state index in [0.717, 1.165) is 23.6 Å². The molecule has 3 rings (SSSR count). The van der Waals surface area contributed by atoms with Gasteiger partial charge >= 0.3 is 6.18 Å². The van der Waals surface area contributed by atoms with Crippen LogP contribution in [0, 0.1) is 6.92 Å². The number of halogens is 3. The van der Waals surface area contributed by atoms with Gasteiger partial charge in [-0.3, -0.25) is 0 Å². The van der Waals surface area contributed by atoms with Gasteiger partial charge < -0.3 is 14.9 Å². The van der Waals surface area contributed by atoms with Gasteiger partial charge in [-0.15, -0.1) is 0 Å². The maximum absolute atomic E-state index is 13.0. The van der Waals surface area contributed by atoms with E-state index in [0.29, 0.717) is 37.4 Å². The summed E-state index contributed by atoms with van der Waals surface area (Å²) in [7, 11) is 3.79. The number of hydrogen-bond donors (Lipinski definition) is 1. The van der Waals surface area contributed by atoms with Gasteiger partial charge in [-0.25, -0.2) is 4.98 Å². The molecule has 0 bridgehead atoms. The molecular weight excluding hydrogens is 357 g/mol. The van der Waals surface area contributed by atoms with Gasteiger partial charge in [-0.2, -0.15) is 18.2 Å². The highest BCUT2D eigenvalue weighted by atomic mass is 19.4. The summed E-state index contributed by atoms with van der Waals surface area (Å²) < 4.78 is 38.9. The molecule has 1 aliphatic heterocycles. The molecule has 1 aliphatic rings. The molecule has 27 heavy (non-hydrogen) atoms. The summed E-state index contributed by atoms with van der Waals surface area (Å²) in [6, 6.07) is 6.84. The Bertz CT molecular complexity index is 815. The fraction of sp³-hybridized carbons (Fsp3) is 0.474. The van der Waals surface area contributed by atoms with Crippen molar-refractivity contribution in [1.82, 2.24) is 9.97 Å². The van der Waals surface area contributed by atoms with E-state index in [9.17, 15) is 18.3 Å².